The van der Waals surface area contributed by atoms with Crippen molar-refractivity contribution in [2.45, 2.75) is 45.4 Å². The minimum atomic E-state index is -0.886. The normalized spacial score (nSPS) is 16.5. The van der Waals surface area contributed by atoms with Crippen LogP contribution in [0.25, 0.3) is 0 Å². The molecule has 0 aliphatic carbocycles. The molecule has 1 aliphatic heterocycles. The summed E-state index contributed by atoms with van der Waals surface area (Å²) in [7, 11) is 0. The first kappa shape index (κ1) is 22.5. The van der Waals surface area contributed by atoms with Gasteiger partial charge in [-0.1, -0.05) is 24.6 Å². The van der Waals surface area contributed by atoms with Crippen LogP contribution in [0.1, 0.15) is 42.3 Å². The summed E-state index contributed by atoms with van der Waals surface area (Å²) < 4.78 is 13.5. The van der Waals surface area contributed by atoms with E-state index in [1.54, 1.807) is 11.8 Å². The molecule has 2 amide bonds. The van der Waals surface area contributed by atoms with E-state index in [0.717, 1.165) is 16.8 Å². The highest BCUT2D eigenvalue weighted by Gasteiger charge is 2.26. The second-order valence-corrected chi connectivity index (χ2v) is 8.36. The second kappa shape index (κ2) is 9.73. The van der Waals surface area contributed by atoms with Crippen molar-refractivity contribution in [1.82, 2.24) is 15.2 Å². The lowest BCUT2D eigenvalue weighted by Gasteiger charge is -2.32. The Hall–Kier alpha value is -2.22. The van der Waals surface area contributed by atoms with E-state index in [-0.39, 0.29) is 23.6 Å². The van der Waals surface area contributed by atoms with E-state index in [1.807, 2.05) is 19.2 Å². The Morgan fingerprint density at radius 2 is 2.10 bits per heavy atom. The molecule has 30 heavy (non-hydrogen) atoms. The molecule has 0 bridgehead atoms. The zero-order chi connectivity index (χ0) is 21.8. The molecule has 0 spiro atoms. The number of aliphatic hydroxyl groups excluding tert-OH is 2. The molecular weight excluding hydrogens is 409 g/mol. The zero-order valence-corrected chi connectivity index (χ0v) is 17.9. The van der Waals surface area contributed by atoms with E-state index < -0.39 is 18.0 Å². The van der Waals surface area contributed by atoms with Crippen molar-refractivity contribution in [3.63, 3.8) is 0 Å². The molecule has 1 aromatic heterocycles. The molecule has 1 aliphatic rings. The number of fused-ring (bicyclic) bond motifs is 1. The average Bonchev–Trinajstić information content (AvgIpc) is 2.73. The van der Waals surface area contributed by atoms with Crippen LogP contribution in [0, 0.1) is 11.7 Å². The van der Waals surface area contributed by atoms with Crippen LogP contribution in [-0.4, -0.2) is 45.4 Å². The molecule has 3 N–H and O–H groups in total. The SMILES string of the molecule is C[C@@H](CO)Cc1cc2c(cn1)CCN(C(=O)N[C@@H](c1ccc(F)c(Cl)c1)[C@H](C)O)C2. The lowest BCUT2D eigenvalue weighted by Crippen LogP contribution is -2.46. The van der Waals surface area contributed by atoms with E-state index in [4.69, 9.17) is 11.6 Å². The quantitative estimate of drug-likeness (QED) is 0.650. The Morgan fingerprint density at radius 3 is 2.77 bits per heavy atom. The predicted octanol–water partition coefficient (Wildman–Crippen LogP) is 3.23. The fourth-order valence-electron chi connectivity index (χ4n) is 3.61. The van der Waals surface area contributed by atoms with Gasteiger partial charge in [0.05, 0.1) is 17.2 Å². The number of nitrogens with one attached hydrogen (secondary N) is 1. The average molecular weight is 436 g/mol. The number of pyridine rings is 1. The third-order valence-electron chi connectivity index (χ3n) is 5.37. The third kappa shape index (κ3) is 5.28. The summed E-state index contributed by atoms with van der Waals surface area (Å²) in [5.41, 5.74) is 3.56. The van der Waals surface area contributed by atoms with E-state index in [9.17, 15) is 19.4 Å². The van der Waals surface area contributed by atoms with Gasteiger partial charge in [0.1, 0.15) is 5.82 Å². The summed E-state index contributed by atoms with van der Waals surface area (Å²) in [6, 6.07) is 5.11. The number of hydrogen-bond acceptors (Lipinski definition) is 4. The predicted molar refractivity (Wildman–Crippen MR) is 113 cm³/mol. The van der Waals surface area contributed by atoms with Crippen LogP contribution in [0.15, 0.2) is 30.5 Å². The number of halogens is 2. The van der Waals surface area contributed by atoms with Crippen molar-refractivity contribution in [2.24, 2.45) is 5.92 Å². The highest BCUT2D eigenvalue weighted by Crippen LogP contribution is 2.25. The lowest BCUT2D eigenvalue weighted by atomic mass is 9.98. The molecule has 1 aromatic carbocycles. The molecule has 0 radical (unpaired) electrons. The standard InChI is InChI=1S/C22H27ClFN3O3/c1-13(12-28)7-18-8-17-11-27(6-5-16(17)10-25-18)22(30)26-21(14(2)29)15-3-4-20(24)19(23)9-15/h3-4,8-10,13-14,21,28-29H,5-7,11-12H2,1-2H3,(H,26,30)/t13-,14+,21-/m1/s1. The van der Waals surface area contributed by atoms with Gasteiger partial charge in [-0.2, -0.15) is 0 Å². The molecule has 162 valence electrons. The van der Waals surface area contributed by atoms with Crippen LogP contribution < -0.4 is 5.32 Å². The lowest BCUT2D eigenvalue weighted by molar-refractivity contribution is 0.135. The zero-order valence-electron chi connectivity index (χ0n) is 17.1. The van der Waals surface area contributed by atoms with Gasteiger partial charge in [0.15, 0.2) is 0 Å². The van der Waals surface area contributed by atoms with Crippen molar-refractivity contribution < 1.29 is 19.4 Å². The monoisotopic (exact) mass is 435 g/mol. The topological polar surface area (TPSA) is 85.7 Å². The second-order valence-electron chi connectivity index (χ2n) is 7.95. The Morgan fingerprint density at radius 1 is 1.33 bits per heavy atom. The maximum Gasteiger partial charge on any atom is 0.318 e. The molecule has 0 saturated heterocycles. The number of urea groups is 1. The number of rotatable bonds is 6. The molecule has 6 nitrogen and oxygen atoms in total. The molecular formula is C22H27ClFN3O3. The number of hydrogen-bond donors (Lipinski definition) is 3. The van der Waals surface area contributed by atoms with Gasteiger partial charge in [-0.15, -0.1) is 0 Å². The first-order valence-corrected chi connectivity index (χ1v) is 10.4. The number of aliphatic hydroxyl groups is 2. The highest BCUT2D eigenvalue weighted by molar-refractivity contribution is 6.30. The molecule has 2 aromatic rings. The maximum absolute atomic E-state index is 13.5. The first-order chi connectivity index (χ1) is 14.3. The van der Waals surface area contributed by atoms with Crippen LogP contribution in [0.4, 0.5) is 9.18 Å². The van der Waals surface area contributed by atoms with E-state index in [0.29, 0.717) is 31.5 Å². The number of nitrogens with zero attached hydrogens (tertiary/aromatic N) is 2. The Balaban J connectivity index is 1.72. The largest absolute Gasteiger partial charge is 0.396 e. The Bertz CT molecular complexity index is 909. The van der Waals surface area contributed by atoms with Gasteiger partial charge in [-0.05, 0) is 60.6 Å². The van der Waals surface area contributed by atoms with Crippen molar-refractivity contribution in [3.8, 4) is 0 Å². The van der Waals surface area contributed by atoms with Crippen molar-refractivity contribution >= 4 is 17.6 Å². The van der Waals surface area contributed by atoms with Crippen LogP contribution in [-0.2, 0) is 19.4 Å². The number of benzene rings is 1. The van der Waals surface area contributed by atoms with Gasteiger partial charge in [-0.3, -0.25) is 4.98 Å². The maximum atomic E-state index is 13.5. The number of carbonyl (C=O) groups excluding carboxylic acids is 1. The number of aromatic nitrogens is 1. The van der Waals surface area contributed by atoms with Crippen LogP contribution in [0.2, 0.25) is 5.02 Å². The minimum absolute atomic E-state index is 0.0589. The summed E-state index contributed by atoms with van der Waals surface area (Å²) in [6.07, 6.45) is 2.32. The fraction of sp³-hybridized carbons (Fsp3) is 0.455. The van der Waals surface area contributed by atoms with Gasteiger partial charge in [0.2, 0.25) is 0 Å². The summed E-state index contributed by atoms with van der Waals surface area (Å²) in [6.45, 7) is 4.58. The van der Waals surface area contributed by atoms with Crippen molar-refractivity contribution in [1.29, 1.82) is 0 Å². The molecule has 3 rings (SSSR count). The first-order valence-electron chi connectivity index (χ1n) is 10.0. The summed E-state index contributed by atoms with van der Waals surface area (Å²) in [5, 5.41) is 22.2. The van der Waals surface area contributed by atoms with Gasteiger partial charge < -0.3 is 20.4 Å². The molecule has 3 atom stereocenters. The summed E-state index contributed by atoms with van der Waals surface area (Å²) in [4.78, 5) is 19.1. The number of carbonyl (C=O) groups is 1. The van der Waals surface area contributed by atoms with Crippen molar-refractivity contribution in [2.75, 3.05) is 13.2 Å². The van der Waals surface area contributed by atoms with Gasteiger partial charge in [-0.25, -0.2) is 9.18 Å². The Labute approximate surface area is 180 Å². The van der Waals surface area contributed by atoms with Crippen molar-refractivity contribution in [3.05, 3.63) is 63.7 Å². The molecule has 0 saturated carbocycles. The molecule has 8 heteroatoms. The Kier molecular flexibility index (Phi) is 7.28. The van der Waals surface area contributed by atoms with E-state index in [2.05, 4.69) is 10.3 Å². The van der Waals surface area contributed by atoms with E-state index >= 15 is 0 Å². The third-order valence-corrected chi connectivity index (χ3v) is 5.66. The van der Waals surface area contributed by atoms with Crippen LogP contribution in [0.5, 0.6) is 0 Å². The van der Waals surface area contributed by atoms with Gasteiger partial charge in [0, 0.05) is 31.6 Å². The van der Waals surface area contributed by atoms with Gasteiger partial charge >= 0.3 is 6.03 Å². The molecule has 2 heterocycles. The van der Waals surface area contributed by atoms with E-state index in [1.165, 1.54) is 18.2 Å². The smallest absolute Gasteiger partial charge is 0.318 e. The minimum Gasteiger partial charge on any atom is -0.396 e. The molecule has 0 unspecified atom stereocenters. The summed E-state index contributed by atoms with van der Waals surface area (Å²) in [5.74, 6) is -0.434. The van der Waals surface area contributed by atoms with Gasteiger partial charge in [0.25, 0.3) is 0 Å². The highest BCUT2D eigenvalue weighted by atomic mass is 35.5. The molecule has 0 fully saturated rings. The number of amides is 2. The fourth-order valence-corrected chi connectivity index (χ4v) is 3.80. The summed E-state index contributed by atoms with van der Waals surface area (Å²) >= 11 is 5.86. The van der Waals surface area contributed by atoms with Crippen LogP contribution >= 0.6 is 11.6 Å². The van der Waals surface area contributed by atoms with Crippen LogP contribution in [0.3, 0.4) is 0 Å².